The van der Waals surface area contributed by atoms with Gasteiger partial charge in [-0.15, -0.1) is 0 Å². The summed E-state index contributed by atoms with van der Waals surface area (Å²) < 4.78 is 3.60. The number of benzene rings is 2. The Morgan fingerprint density at radius 1 is 0.525 bits per heavy atom. The van der Waals surface area contributed by atoms with E-state index < -0.39 is 21.3 Å². The van der Waals surface area contributed by atoms with Crippen LogP contribution in [0, 0.1) is 35.5 Å². The molecule has 0 saturated heterocycles. The van der Waals surface area contributed by atoms with Gasteiger partial charge in [0.05, 0.1) is 0 Å². The Balaban J connectivity index is 0.00000132. The zero-order valence-corrected chi connectivity index (χ0v) is 27.6. The van der Waals surface area contributed by atoms with Crippen LogP contribution in [0.25, 0.3) is 11.1 Å². The molecular weight excluding hydrogens is 607 g/mol. The predicted molar refractivity (Wildman–Crippen MR) is 156 cm³/mol. The number of hydrogen-bond acceptors (Lipinski definition) is 0. The topological polar surface area (TPSA) is 0 Å². The van der Waals surface area contributed by atoms with Crippen LogP contribution in [-0.2, 0) is 21.3 Å². The van der Waals surface area contributed by atoms with Crippen molar-refractivity contribution in [3.63, 3.8) is 0 Å². The van der Waals surface area contributed by atoms with Crippen molar-refractivity contribution in [1.82, 2.24) is 0 Å². The first-order valence-corrected chi connectivity index (χ1v) is 20.3. The van der Waals surface area contributed by atoms with Crippen molar-refractivity contribution in [2.75, 3.05) is 0 Å². The standard InChI is InChI=1S/2C16H17.C5H8.2ClH.Zr/c2*1-2-4-14-11(3-1)9-10-15(14)16(12-5-6-12)13-7-8-13;1-2-4-5-3-1;;;/h2*1-4,9-10,12-13,16H,5-8H2;1-4H2;2*1H;/q;;;;;+2/p-2. The molecule has 0 heterocycles. The van der Waals surface area contributed by atoms with E-state index in [1.54, 1.807) is 22.3 Å². The maximum atomic E-state index is 2.94. The first kappa shape index (κ1) is 28.0. The quantitative estimate of drug-likeness (QED) is 0.412. The van der Waals surface area contributed by atoms with Gasteiger partial charge >= 0.3 is 238 Å². The van der Waals surface area contributed by atoms with E-state index in [0.717, 1.165) is 42.8 Å². The Bertz CT molecular complexity index is 1260. The number of hydrogen-bond donors (Lipinski definition) is 0. The van der Waals surface area contributed by atoms with Gasteiger partial charge in [0.1, 0.15) is 0 Å². The minimum atomic E-state index is -2.11. The zero-order valence-electron chi connectivity index (χ0n) is 23.6. The smallest absolute Gasteiger partial charge is 1.00 e. The average Bonchev–Trinajstić information content (AvgIpc) is 3.75. The van der Waals surface area contributed by atoms with Crippen molar-refractivity contribution in [1.29, 1.82) is 0 Å². The maximum absolute atomic E-state index is 2.94. The van der Waals surface area contributed by atoms with Gasteiger partial charge < -0.3 is 24.8 Å². The molecule has 3 heteroatoms. The van der Waals surface area contributed by atoms with Crippen molar-refractivity contribution in [3.05, 3.63) is 82.9 Å². The van der Waals surface area contributed by atoms with Gasteiger partial charge in [0.2, 0.25) is 0 Å². The minimum absolute atomic E-state index is 0. The molecule has 208 valence electrons. The number of allylic oxidation sites excluding steroid dienone is 4. The van der Waals surface area contributed by atoms with Crippen molar-refractivity contribution in [2.45, 2.75) is 84.3 Å². The molecule has 0 amide bonds. The molecule has 0 radical (unpaired) electrons. The van der Waals surface area contributed by atoms with Crippen LogP contribution in [0.2, 0.25) is 0 Å². The second-order valence-electron chi connectivity index (χ2n) is 14.0. The number of halogens is 2. The Kier molecular flexibility index (Phi) is 7.76. The third kappa shape index (κ3) is 4.87. The molecule has 0 aliphatic heterocycles. The second-order valence-corrected chi connectivity index (χ2v) is 21.1. The summed E-state index contributed by atoms with van der Waals surface area (Å²) >= 11 is -2.11. The van der Waals surface area contributed by atoms with Gasteiger partial charge in [0, 0.05) is 0 Å². The molecule has 0 nitrogen and oxygen atoms in total. The summed E-state index contributed by atoms with van der Waals surface area (Å²) in [6.07, 6.45) is 23.6. The molecule has 9 rings (SSSR count). The summed E-state index contributed by atoms with van der Waals surface area (Å²) in [5.74, 6) is 5.70. The molecule has 7 aliphatic rings. The van der Waals surface area contributed by atoms with E-state index in [-0.39, 0.29) is 24.8 Å². The zero-order chi connectivity index (χ0) is 24.8. The molecule has 0 N–H and O–H groups in total. The summed E-state index contributed by atoms with van der Waals surface area (Å²) in [6.45, 7) is 0. The number of rotatable bonds is 8. The van der Waals surface area contributed by atoms with Crippen molar-refractivity contribution in [2.24, 2.45) is 35.5 Å². The summed E-state index contributed by atoms with van der Waals surface area (Å²) in [4.78, 5) is 0. The van der Waals surface area contributed by atoms with Gasteiger partial charge in [0.15, 0.2) is 0 Å². The van der Waals surface area contributed by atoms with Crippen LogP contribution in [0.1, 0.15) is 107 Å². The van der Waals surface area contributed by atoms with E-state index in [9.17, 15) is 0 Å². The molecule has 2 atom stereocenters. The van der Waals surface area contributed by atoms with Crippen LogP contribution < -0.4 is 24.8 Å². The summed E-state index contributed by atoms with van der Waals surface area (Å²) in [7, 11) is 0. The first-order chi connectivity index (χ1) is 18.8. The fourth-order valence-electron chi connectivity index (χ4n) is 9.21. The van der Waals surface area contributed by atoms with Gasteiger partial charge in [-0.25, -0.2) is 0 Å². The molecule has 0 aromatic heterocycles. The molecule has 5 fully saturated rings. The van der Waals surface area contributed by atoms with Crippen LogP contribution in [0.3, 0.4) is 0 Å². The van der Waals surface area contributed by atoms with Crippen molar-refractivity contribution >= 4 is 14.4 Å². The van der Waals surface area contributed by atoms with Crippen LogP contribution in [0.4, 0.5) is 0 Å². The SMILES string of the molecule is C1=C(C(C2CC2)C2CC2)c2ccccc2[CH]1[Zr+2](=[C]1CCCC1)[CH]1C=C(C(C2CC2)C2CC2)c2ccccc21.[Cl-].[Cl-]. The molecule has 0 spiro atoms. The largest absolute Gasteiger partial charge is 1.00 e. The molecule has 7 aliphatic carbocycles. The van der Waals surface area contributed by atoms with E-state index in [4.69, 9.17) is 0 Å². The van der Waals surface area contributed by atoms with Crippen LogP contribution in [0.5, 0.6) is 0 Å². The van der Waals surface area contributed by atoms with E-state index in [0.29, 0.717) is 0 Å². The predicted octanol–water partition coefficient (Wildman–Crippen LogP) is 3.51. The Hall–Kier alpha value is -0.747. The Morgan fingerprint density at radius 2 is 0.900 bits per heavy atom. The summed E-state index contributed by atoms with van der Waals surface area (Å²) in [5.41, 5.74) is 10.5. The van der Waals surface area contributed by atoms with E-state index >= 15 is 0 Å². The van der Waals surface area contributed by atoms with Crippen LogP contribution in [-0.4, -0.2) is 3.21 Å². The first-order valence-electron chi connectivity index (χ1n) is 16.2. The molecule has 2 unspecified atom stereocenters. The fourth-order valence-corrected chi connectivity index (χ4v) is 19.3. The van der Waals surface area contributed by atoms with E-state index in [1.165, 1.54) is 77.0 Å². The van der Waals surface area contributed by atoms with Gasteiger partial charge in [0.25, 0.3) is 0 Å². The Labute approximate surface area is 261 Å². The third-order valence-electron chi connectivity index (χ3n) is 11.4. The minimum Gasteiger partial charge on any atom is -1.00 e. The third-order valence-corrected chi connectivity index (χ3v) is 20.3. The molecule has 0 bridgehead atoms. The van der Waals surface area contributed by atoms with Crippen molar-refractivity contribution in [3.8, 4) is 0 Å². The van der Waals surface area contributed by atoms with Gasteiger partial charge in [-0.05, 0) is 0 Å². The van der Waals surface area contributed by atoms with Gasteiger partial charge in [-0.1, -0.05) is 0 Å². The fraction of sp³-hybridized carbons (Fsp3) is 0.541. The summed E-state index contributed by atoms with van der Waals surface area (Å²) in [6, 6.07) is 19.6. The molecule has 5 saturated carbocycles. The van der Waals surface area contributed by atoms with Gasteiger partial charge in [-0.2, -0.15) is 0 Å². The monoisotopic (exact) mass is 646 g/mol. The molecule has 2 aromatic carbocycles. The second kappa shape index (κ2) is 11.1. The van der Waals surface area contributed by atoms with E-state index in [1.807, 2.05) is 11.1 Å². The normalized spacial score (nSPS) is 26.5. The number of fused-ring (bicyclic) bond motifs is 2. The maximum Gasteiger partial charge on any atom is -1.00 e. The van der Waals surface area contributed by atoms with Gasteiger partial charge in [-0.3, -0.25) is 0 Å². The van der Waals surface area contributed by atoms with E-state index in [2.05, 4.69) is 63.9 Å². The molecular formula is C37H42Cl2Zr. The molecule has 2 aromatic rings. The van der Waals surface area contributed by atoms with Crippen molar-refractivity contribution < 1.29 is 46.1 Å². The van der Waals surface area contributed by atoms with Crippen LogP contribution in [0.15, 0.2) is 60.7 Å². The van der Waals surface area contributed by atoms with Crippen LogP contribution >= 0.6 is 0 Å². The molecule has 40 heavy (non-hydrogen) atoms. The average molecular weight is 649 g/mol. The summed E-state index contributed by atoms with van der Waals surface area (Å²) in [5, 5.41) is 0. The Morgan fingerprint density at radius 3 is 1.27 bits per heavy atom.